The van der Waals surface area contributed by atoms with Crippen molar-refractivity contribution < 1.29 is 9.18 Å². The zero-order valence-electron chi connectivity index (χ0n) is 6.75. The van der Waals surface area contributed by atoms with Crippen molar-refractivity contribution in [3.8, 4) is 0 Å². The molecule has 0 saturated carbocycles. The number of halogens is 1. The van der Waals surface area contributed by atoms with E-state index in [9.17, 15) is 9.18 Å². The van der Waals surface area contributed by atoms with E-state index in [0.29, 0.717) is 11.3 Å². The van der Waals surface area contributed by atoms with E-state index in [0.717, 1.165) is 6.29 Å². The van der Waals surface area contributed by atoms with E-state index in [1.807, 2.05) is 0 Å². The van der Waals surface area contributed by atoms with E-state index in [2.05, 4.69) is 0 Å². The molecule has 0 aliphatic rings. The number of hydrogen-bond acceptors (Lipinski definition) is 2. The molecule has 0 aliphatic heterocycles. The van der Waals surface area contributed by atoms with Crippen molar-refractivity contribution in [3.05, 3.63) is 29.6 Å². The highest BCUT2D eigenvalue weighted by Gasteiger charge is 2.05. The minimum atomic E-state index is -0.404. The zero-order chi connectivity index (χ0) is 9.14. The Morgan fingerprint density at radius 3 is 2.67 bits per heavy atom. The molecule has 1 atom stereocenters. The molecule has 12 heavy (non-hydrogen) atoms. The van der Waals surface area contributed by atoms with E-state index < -0.39 is 5.82 Å². The molecule has 2 N–H and O–H groups in total. The third-order valence-corrected chi connectivity index (χ3v) is 1.67. The molecule has 3 heteroatoms. The van der Waals surface area contributed by atoms with E-state index in [4.69, 9.17) is 5.73 Å². The van der Waals surface area contributed by atoms with Gasteiger partial charge >= 0.3 is 0 Å². The summed E-state index contributed by atoms with van der Waals surface area (Å²) < 4.78 is 12.7. The summed E-state index contributed by atoms with van der Waals surface area (Å²) in [6, 6.07) is 4.14. The van der Waals surface area contributed by atoms with Crippen molar-refractivity contribution in [2.75, 3.05) is 5.73 Å². The Hall–Kier alpha value is -1.38. The van der Waals surface area contributed by atoms with Gasteiger partial charge in [-0.2, -0.15) is 0 Å². The maximum Gasteiger partial charge on any atom is 0.127 e. The molecule has 0 spiro atoms. The van der Waals surface area contributed by atoms with Gasteiger partial charge in [-0.05, 0) is 23.8 Å². The van der Waals surface area contributed by atoms with Crippen LogP contribution in [0.3, 0.4) is 0 Å². The monoisotopic (exact) mass is 167 g/mol. The second-order valence-electron chi connectivity index (χ2n) is 2.74. The van der Waals surface area contributed by atoms with Crippen LogP contribution in [0.2, 0.25) is 0 Å². The van der Waals surface area contributed by atoms with Gasteiger partial charge in [-0.3, -0.25) is 0 Å². The fourth-order valence-corrected chi connectivity index (χ4v) is 0.977. The second-order valence-corrected chi connectivity index (χ2v) is 2.74. The smallest absolute Gasteiger partial charge is 0.127 e. The Labute approximate surface area is 70.2 Å². The van der Waals surface area contributed by atoms with Gasteiger partial charge in [0.15, 0.2) is 0 Å². The van der Waals surface area contributed by atoms with Crippen LogP contribution in [0.15, 0.2) is 18.2 Å². The van der Waals surface area contributed by atoms with Crippen LogP contribution in [0.1, 0.15) is 18.4 Å². The van der Waals surface area contributed by atoms with Crippen LogP contribution in [0.25, 0.3) is 0 Å². The number of carbonyl (C=O) groups excluding carboxylic acids is 1. The SMILES string of the molecule is CC(C=O)c1cc(N)cc(F)c1. The Kier molecular flexibility index (Phi) is 2.43. The summed E-state index contributed by atoms with van der Waals surface area (Å²) in [5, 5.41) is 0. The lowest BCUT2D eigenvalue weighted by Crippen LogP contribution is -1.97. The number of nitrogen functional groups attached to an aromatic ring is 1. The van der Waals surface area contributed by atoms with Crippen LogP contribution in [-0.4, -0.2) is 6.29 Å². The number of hydrogen-bond donors (Lipinski definition) is 1. The van der Waals surface area contributed by atoms with Crippen molar-refractivity contribution in [2.45, 2.75) is 12.8 Å². The molecule has 0 fully saturated rings. The minimum Gasteiger partial charge on any atom is -0.399 e. The largest absolute Gasteiger partial charge is 0.399 e. The molecule has 0 heterocycles. The summed E-state index contributed by atoms with van der Waals surface area (Å²) >= 11 is 0. The molecule has 0 bridgehead atoms. The number of carbonyl (C=O) groups is 1. The summed E-state index contributed by atoms with van der Waals surface area (Å²) in [6.45, 7) is 1.70. The second kappa shape index (κ2) is 3.34. The van der Waals surface area contributed by atoms with Gasteiger partial charge in [0.2, 0.25) is 0 Å². The van der Waals surface area contributed by atoms with Gasteiger partial charge in [-0.15, -0.1) is 0 Å². The fourth-order valence-electron chi connectivity index (χ4n) is 0.977. The van der Waals surface area contributed by atoms with Gasteiger partial charge < -0.3 is 10.5 Å². The number of rotatable bonds is 2. The third kappa shape index (κ3) is 1.81. The standard InChI is InChI=1S/C9H10FNO/c1-6(5-12)7-2-8(10)4-9(11)3-7/h2-6H,11H2,1H3. The van der Waals surface area contributed by atoms with E-state index in [-0.39, 0.29) is 5.92 Å². The van der Waals surface area contributed by atoms with Crippen molar-refractivity contribution in [3.63, 3.8) is 0 Å². The van der Waals surface area contributed by atoms with Crippen LogP contribution < -0.4 is 5.73 Å². The lowest BCUT2D eigenvalue weighted by atomic mass is 10.0. The topological polar surface area (TPSA) is 43.1 Å². The molecule has 0 aromatic heterocycles. The Balaban J connectivity index is 3.08. The van der Waals surface area contributed by atoms with Crippen LogP contribution in [0.5, 0.6) is 0 Å². The molecule has 0 aliphatic carbocycles. The molecule has 0 amide bonds. The van der Waals surface area contributed by atoms with Crippen molar-refractivity contribution in [1.82, 2.24) is 0 Å². The fraction of sp³-hybridized carbons (Fsp3) is 0.222. The molecule has 1 unspecified atom stereocenters. The van der Waals surface area contributed by atoms with Gasteiger partial charge in [0.25, 0.3) is 0 Å². The minimum absolute atomic E-state index is 0.303. The first-order valence-corrected chi connectivity index (χ1v) is 3.64. The quantitative estimate of drug-likeness (QED) is 0.538. The highest BCUT2D eigenvalue weighted by atomic mass is 19.1. The van der Waals surface area contributed by atoms with Gasteiger partial charge in [0.1, 0.15) is 12.1 Å². The van der Waals surface area contributed by atoms with Crippen molar-refractivity contribution >= 4 is 12.0 Å². The average Bonchev–Trinajstić information content (AvgIpc) is 2.01. The third-order valence-electron chi connectivity index (χ3n) is 1.67. The molecule has 0 radical (unpaired) electrons. The predicted octanol–water partition coefficient (Wildman–Crippen LogP) is 1.71. The summed E-state index contributed by atoms with van der Waals surface area (Å²) in [4.78, 5) is 10.4. The summed E-state index contributed by atoms with van der Waals surface area (Å²) in [7, 11) is 0. The number of nitrogens with two attached hydrogens (primary N) is 1. The lowest BCUT2D eigenvalue weighted by Gasteiger charge is -2.04. The first-order valence-electron chi connectivity index (χ1n) is 3.64. The molecule has 1 rings (SSSR count). The molecular weight excluding hydrogens is 157 g/mol. The van der Waals surface area contributed by atoms with Crippen LogP contribution in [0.4, 0.5) is 10.1 Å². The van der Waals surface area contributed by atoms with Crippen molar-refractivity contribution in [2.24, 2.45) is 0 Å². The summed E-state index contributed by atoms with van der Waals surface area (Å²) in [5.41, 5.74) is 6.36. The Morgan fingerprint density at radius 2 is 2.17 bits per heavy atom. The maximum atomic E-state index is 12.7. The first kappa shape index (κ1) is 8.71. The molecular formula is C9H10FNO. The summed E-state index contributed by atoms with van der Waals surface area (Å²) in [5.74, 6) is -0.707. The Morgan fingerprint density at radius 1 is 1.50 bits per heavy atom. The normalized spacial score (nSPS) is 12.5. The van der Waals surface area contributed by atoms with Crippen LogP contribution >= 0.6 is 0 Å². The molecule has 2 nitrogen and oxygen atoms in total. The highest BCUT2D eigenvalue weighted by molar-refractivity contribution is 5.62. The first-order chi connectivity index (χ1) is 5.63. The van der Waals surface area contributed by atoms with Crippen LogP contribution in [-0.2, 0) is 4.79 Å². The van der Waals surface area contributed by atoms with Gasteiger partial charge in [0, 0.05) is 11.6 Å². The maximum absolute atomic E-state index is 12.7. The molecule has 0 saturated heterocycles. The summed E-state index contributed by atoms with van der Waals surface area (Å²) in [6.07, 6.45) is 0.758. The van der Waals surface area contributed by atoms with Crippen molar-refractivity contribution in [1.29, 1.82) is 0 Å². The van der Waals surface area contributed by atoms with Gasteiger partial charge in [0.05, 0.1) is 0 Å². The highest BCUT2D eigenvalue weighted by Crippen LogP contribution is 2.17. The number of benzene rings is 1. The number of anilines is 1. The van der Waals surface area contributed by atoms with E-state index >= 15 is 0 Å². The molecule has 64 valence electrons. The van der Waals surface area contributed by atoms with Crippen LogP contribution in [0, 0.1) is 5.82 Å². The Bertz CT molecular complexity index is 278. The van der Waals surface area contributed by atoms with Gasteiger partial charge in [-0.1, -0.05) is 6.92 Å². The van der Waals surface area contributed by atoms with Gasteiger partial charge in [-0.25, -0.2) is 4.39 Å². The average molecular weight is 167 g/mol. The number of aldehydes is 1. The molecule has 1 aromatic rings. The van der Waals surface area contributed by atoms with E-state index in [1.54, 1.807) is 13.0 Å². The predicted molar refractivity (Wildman–Crippen MR) is 45.3 cm³/mol. The lowest BCUT2D eigenvalue weighted by molar-refractivity contribution is -0.108. The molecule has 1 aromatic carbocycles. The van der Waals surface area contributed by atoms with E-state index in [1.165, 1.54) is 12.1 Å². The zero-order valence-corrected chi connectivity index (χ0v) is 6.75.